The molecule has 0 spiro atoms. The zero-order chi connectivity index (χ0) is 21.4. The first kappa shape index (κ1) is 20.1. The van der Waals surface area contributed by atoms with Gasteiger partial charge in [-0.25, -0.2) is 4.98 Å². The number of nitrogens with one attached hydrogen (secondary N) is 1. The standard InChI is InChI=1S/C23H26N4O3/c1-13-15(3)30-23-20(13)21(24-16(4)25-23)27-11-5-6-18(12-27)22(29)26-19-9-7-17(8-10-19)14(2)28/h7-10,18H,5-6,11-12H2,1-4H3,(H,26,29). The van der Waals surface area contributed by atoms with Crippen LogP contribution in [0.1, 0.15) is 47.3 Å². The number of furan rings is 1. The van der Waals surface area contributed by atoms with Crippen molar-refractivity contribution in [3.05, 3.63) is 47.0 Å². The minimum Gasteiger partial charge on any atom is -0.443 e. The maximum atomic E-state index is 12.9. The smallest absolute Gasteiger partial charge is 0.231 e. The first-order valence-electron chi connectivity index (χ1n) is 10.2. The van der Waals surface area contributed by atoms with Crippen LogP contribution in [0.5, 0.6) is 0 Å². The highest BCUT2D eigenvalue weighted by atomic mass is 16.3. The fourth-order valence-electron chi connectivity index (χ4n) is 3.98. The van der Waals surface area contributed by atoms with Crippen molar-refractivity contribution in [1.29, 1.82) is 0 Å². The molecular weight excluding hydrogens is 380 g/mol. The Labute approximate surface area is 175 Å². The summed E-state index contributed by atoms with van der Waals surface area (Å²) in [7, 11) is 0. The number of anilines is 2. The fourth-order valence-corrected chi connectivity index (χ4v) is 3.98. The molecule has 30 heavy (non-hydrogen) atoms. The summed E-state index contributed by atoms with van der Waals surface area (Å²) in [5.74, 6) is 2.18. The Morgan fingerprint density at radius 1 is 1.13 bits per heavy atom. The van der Waals surface area contributed by atoms with E-state index in [1.165, 1.54) is 6.92 Å². The van der Waals surface area contributed by atoms with E-state index in [9.17, 15) is 9.59 Å². The van der Waals surface area contributed by atoms with Crippen molar-refractivity contribution in [3.8, 4) is 0 Å². The normalized spacial score (nSPS) is 16.7. The summed E-state index contributed by atoms with van der Waals surface area (Å²) in [5.41, 5.74) is 2.97. The number of Topliss-reactive ketones (excluding diaryl/α,β-unsaturated/α-hetero) is 1. The van der Waals surface area contributed by atoms with E-state index >= 15 is 0 Å². The molecule has 3 heterocycles. The van der Waals surface area contributed by atoms with Crippen LogP contribution in [-0.4, -0.2) is 34.7 Å². The molecule has 0 aliphatic carbocycles. The molecule has 1 fully saturated rings. The van der Waals surface area contributed by atoms with Gasteiger partial charge in [-0.05, 0) is 64.8 Å². The van der Waals surface area contributed by atoms with E-state index in [4.69, 9.17) is 9.40 Å². The SMILES string of the molecule is CC(=O)c1ccc(NC(=O)C2CCCN(c3nc(C)nc4oc(C)c(C)c34)C2)cc1. The Morgan fingerprint density at radius 2 is 1.87 bits per heavy atom. The number of aromatic nitrogens is 2. The highest BCUT2D eigenvalue weighted by Crippen LogP contribution is 2.33. The highest BCUT2D eigenvalue weighted by Gasteiger charge is 2.29. The maximum Gasteiger partial charge on any atom is 0.231 e. The largest absolute Gasteiger partial charge is 0.443 e. The lowest BCUT2D eigenvalue weighted by atomic mass is 9.96. The Morgan fingerprint density at radius 3 is 2.57 bits per heavy atom. The number of hydrogen-bond acceptors (Lipinski definition) is 6. The monoisotopic (exact) mass is 406 g/mol. The summed E-state index contributed by atoms with van der Waals surface area (Å²) >= 11 is 0. The van der Waals surface area contributed by atoms with Crippen molar-refractivity contribution < 1.29 is 14.0 Å². The minimum absolute atomic E-state index is 0.00651. The Kier molecular flexibility index (Phi) is 5.28. The second kappa shape index (κ2) is 7.89. The van der Waals surface area contributed by atoms with Crippen molar-refractivity contribution in [3.63, 3.8) is 0 Å². The average molecular weight is 406 g/mol. The number of amides is 1. The van der Waals surface area contributed by atoms with Gasteiger partial charge >= 0.3 is 0 Å². The Balaban J connectivity index is 1.54. The van der Waals surface area contributed by atoms with Crippen LogP contribution in [0, 0.1) is 26.7 Å². The van der Waals surface area contributed by atoms with Gasteiger partial charge in [0.05, 0.1) is 11.3 Å². The molecule has 2 aromatic heterocycles. The van der Waals surface area contributed by atoms with Crippen LogP contribution in [0.3, 0.4) is 0 Å². The minimum atomic E-state index is -0.148. The van der Waals surface area contributed by atoms with E-state index in [0.29, 0.717) is 29.3 Å². The molecule has 7 heteroatoms. The van der Waals surface area contributed by atoms with Crippen LogP contribution in [-0.2, 0) is 4.79 Å². The molecule has 1 saturated heterocycles. The number of benzene rings is 1. The van der Waals surface area contributed by atoms with E-state index in [2.05, 4.69) is 15.2 Å². The van der Waals surface area contributed by atoms with Crippen molar-refractivity contribution >= 4 is 34.3 Å². The quantitative estimate of drug-likeness (QED) is 0.653. The van der Waals surface area contributed by atoms with Gasteiger partial charge in [0.15, 0.2) is 5.78 Å². The highest BCUT2D eigenvalue weighted by molar-refractivity contribution is 5.96. The third kappa shape index (κ3) is 3.79. The van der Waals surface area contributed by atoms with Gasteiger partial charge in [-0.3, -0.25) is 9.59 Å². The van der Waals surface area contributed by atoms with Crippen LogP contribution in [0.15, 0.2) is 28.7 Å². The Bertz CT molecular complexity index is 1120. The number of aryl methyl sites for hydroxylation is 3. The molecule has 0 radical (unpaired) electrons. The molecule has 1 atom stereocenters. The third-order valence-electron chi connectivity index (χ3n) is 5.77. The van der Waals surface area contributed by atoms with Gasteiger partial charge in [0, 0.05) is 29.9 Å². The van der Waals surface area contributed by atoms with Gasteiger partial charge in [-0.1, -0.05) is 0 Å². The average Bonchev–Trinajstić information content (AvgIpc) is 3.01. The second-order valence-electron chi connectivity index (χ2n) is 7.97. The number of nitrogens with zero attached hydrogens (tertiary/aromatic N) is 3. The predicted octanol–water partition coefficient (Wildman–Crippen LogP) is 4.21. The topological polar surface area (TPSA) is 88.3 Å². The van der Waals surface area contributed by atoms with E-state index in [1.807, 2.05) is 20.8 Å². The van der Waals surface area contributed by atoms with Gasteiger partial charge in [-0.2, -0.15) is 4.98 Å². The molecule has 0 saturated carbocycles. The zero-order valence-corrected chi connectivity index (χ0v) is 17.8. The molecule has 1 aliphatic heterocycles. The lowest BCUT2D eigenvalue weighted by Crippen LogP contribution is -2.41. The first-order valence-corrected chi connectivity index (χ1v) is 10.2. The molecular formula is C23H26N4O3. The summed E-state index contributed by atoms with van der Waals surface area (Å²) < 4.78 is 5.81. The van der Waals surface area contributed by atoms with E-state index in [1.54, 1.807) is 24.3 Å². The van der Waals surface area contributed by atoms with E-state index in [-0.39, 0.29) is 17.6 Å². The number of hydrogen-bond donors (Lipinski definition) is 1. The van der Waals surface area contributed by atoms with Crippen molar-refractivity contribution in [2.75, 3.05) is 23.3 Å². The number of carbonyl (C=O) groups is 2. The summed E-state index contributed by atoms with van der Waals surface area (Å²) in [6, 6.07) is 7.00. The summed E-state index contributed by atoms with van der Waals surface area (Å²) in [6.07, 6.45) is 1.73. The molecule has 3 aromatic rings. The predicted molar refractivity (Wildman–Crippen MR) is 116 cm³/mol. The van der Waals surface area contributed by atoms with E-state index in [0.717, 1.165) is 41.9 Å². The molecule has 1 amide bonds. The van der Waals surface area contributed by atoms with Crippen LogP contribution >= 0.6 is 0 Å². The molecule has 1 N–H and O–H groups in total. The lowest BCUT2D eigenvalue weighted by Gasteiger charge is -2.33. The number of fused-ring (bicyclic) bond motifs is 1. The van der Waals surface area contributed by atoms with Crippen molar-refractivity contribution in [2.24, 2.45) is 5.92 Å². The molecule has 1 unspecified atom stereocenters. The van der Waals surface area contributed by atoms with Gasteiger partial charge in [0.2, 0.25) is 11.6 Å². The first-order chi connectivity index (χ1) is 14.3. The van der Waals surface area contributed by atoms with Gasteiger partial charge in [0.25, 0.3) is 0 Å². The number of carbonyl (C=O) groups excluding carboxylic acids is 2. The molecule has 4 rings (SSSR count). The van der Waals surface area contributed by atoms with Gasteiger partial charge in [0.1, 0.15) is 17.4 Å². The second-order valence-corrected chi connectivity index (χ2v) is 7.97. The zero-order valence-electron chi connectivity index (χ0n) is 17.8. The fraction of sp³-hybridized carbons (Fsp3) is 0.391. The van der Waals surface area contributed by atoms with Crippen molar-refractivity contribution in [2.45, 2.75) is 40.5 Å². The molecule has 156 valence electrons. The number of rotatable bonds is 4. The number of piperidine rings is 1. The van der Waals surface area contributed by atoms with E-state index < -0.39 is 0 Å². The molecule has 0 bridgehead atoms. The third-order valence-corrected chi connectivity index (χ3v) is 5.77. The molecule has 1 aliphatic rings. The van der Waals surface area contributed by atoms with Crippen LogP contribution < -0.4 is 10.2 Å². The lowest BCUT2D eigenvalue weighted by molar-refractivity contribution is -0.120. The Hall–Kier alpha value is -3.22. The number of ketones is 1. The summed E-state index contributed by atoms with van der Waals surface area (Å²) in [6.45, 7) is 8.76. The van der Waals surface area contributed by atoms with Crippen molar-refractivity contribution in [1.82, 2.24) is 9.97 Å². The summed E-state index contributed by atoms with van der Waals surface area (Å²) in [4.78, 5) is 35.6. The van der Waals surface area contributed by atoms with Gasteiger partial charge < -0.3 is 14.6 Å². The van der Waals surface area contributed by atoms with Gasteiger partial charge in [-0.15, -0.1) is 0 Å². The maximum absolute atomic E-state index is 12.9. The van der Waals surface area contributed by atoms with Crippen LogP contribution in [0.4, 0.5) is 11.5 Å². The molecule has 7 nitrogen and oxygen atoms in total. The van der Waals surface area contributed by atoms with Crippen LogP contribution in [0.2, 0.25) is 0 Å². The van der Waals surface area contributed by atoms with Crippen LogP contribution in [0.25, 0.3) is 11.1 Å². The summed E-state index contributed by atoms with van der Waals surface area (Å²) in [5, 5.41) is 3.92. The molecule has 1 aromatic carbocycles.